The van der Waals surface area contributed by atoms with Gasteiger partial charge in [0.1, 0.15) is 0 Å². The Morgan fingerprint density at radius 3 is 2.45 bits per heavy atom. The van der Waals surface area contributed by atoms with Gasteiger partial charge in [0.2, 0.25) is 0 Å². The topological polar surface area (TPSA) is 28.0 Å². The van der Waals surface area contributed by atoms with Crippen molar-refractivity contribution in [1.29, 1.82) is 0 Å². The third-order valence-corrected chi connectivity index (χ3v) is 6.65. The van der Waals surface area contributed by atoms with Crippen LogP contribution in [-0.4, -0.2) is 36.1 Å². The van der Waals surface area contributed by atoms with Gasteiger partial charge in [-0.3, -0.25) is 4.90 Å². The van der Waals surface area contributed by atoms with Crippen LogP contribution in [0.3, 0.4) is 0 Å². The van der Waals surface area contributed by atoms with E-state index < -0.39 is 0 Å². The van der Waals surface area contributed by atoms with Gasteiger partial charge in [-0.05, 0) is 89.1 Å². The Hall–Kier alpha value is -2.52. The number of nitrogens with zero attached hydrogens (tertiary/aromatic N) is 3. The van der Waals surface area contributed by atoms with Gasteiger partial charge in [-0.1, -0.05) is 61.9 Å². The van der Waals surface area contributed by atoms with Gasteiger partial charge in [0.15, 0.2) is 5.84 Å². The molecule has 0 N–H and O–H groups in total. The van der Waals surface area contributed by atoms with Crippen molar-refractivity contribution in [2.45, 2.75) is 79.2 Å². The van der Waals surface area contributed by atoms with Crippen molar-refractivity contribution in [3.8, 4) is 0 Å². The van der Waals surface area contributed by atoms with Crippen LogP contribution >= 0.6 is 0 Å². The molecule has 0 fully saturated rings. The van der Waals surface area contributed by atoms with E-state index in [-0.39, 0.29) is 0 Å². The molecule has 1 aromatic carbocycles. The van der Waals surface area contributed by atoms with Crippen LogP contribution in [0, 0.1) is 0 Å². The molecule has 0 spiro atoms. The maximum absolute atomic E-state index is 5.05. The number of rotatable bonds is 7. The summed E-state index contributed by atoms with van der Waals surface area (Å²) in [7, 11) is 2.25. The largest absolute Gasteiger partial charge is 0.296 e. The fraction of sp³-hybridized carbons (Fsp3) is 0.467. The second kappa shape index (κ2) is 12.1. The van der Waals surface area contributed by atoms with Gasteiger partial charge >= 0.3 is 0 Å². The van der Waals surface area contributed by atoms with E-state index in [4.69, 9.17) is 9.98 Å². The predicted molar refractivity (Wildman–Crippen MR) is 144 cm³/mol. The molecule has 1 atom stereocenters. The highest BCUT2D eigenvalue weighted by molar-refractivity contribution is 6.08. The summed E-state index contributed by atoms with van der Waals surface area (Å²) in [5.41, 5.74) is 9.04. The molecule has 3 heteroatoms. The second-order valence-corrected chi connectivity index (χ2v) is 9.40. The molecule has 2 aliphatic rings. The Kier molecular flexibility index (Phi) is 9.20. The van der Waals surface area contributed by atoms with Crippen molar-refractivity contribution >= 4 is 11.5 Å². The van der Waals surface area contributed by atoms with Crippen LogP contribution in [0.25, 0.3) is 0 Å². The number of likely N-dealkylation sites (N-methyl/N-ethyl adjacent to an activating group) is 1. The van der Waals surface area contributed by atoms with Crippen molar-refractivity contribution in [3.05, 3.63) is 82.1 Å². The number of hydrogen-bond acceptors (Lipinski definition) is 2. The first-order chi connectivity index (χ1) is 15.9. The summed E-state index contributed by atoms with van der Waals surface area (Å²) in [5, 5.41) is 0. The van der Waals surface area contributed by atoms with Crippen molar-refractivity contribution in [2.24, 2.45) is 9.98 Å². The van der Waals surface area contributed by atoms with Gasteiger partial charge in [-0.15, -0.1) is 0 Å². The van der Waals surface area contributed by atoms with E-state index in [0.29, 0.717) is 6.04 Å². The molecule has 3 nitrogen and oxygen atoms in total. The van der Waals surface area contributed by atoms with Crippen molar-refractivity contribution < 1.29 is 0 Å². The fourth-order valence-corrected chi connectivity index (χ4v) is 4.89. The monoisotopic (exact) mass is 443 g/mol. The summed E-state index contributed by atoms with van der Waals surface area (Å²) >= 11 is 0. The zero-order valence-corrected chi connectivity index (χ0v) is 21.5. The summed E-state index contributed by atoms with van der Waals surface area (Å²) in [6.07, 6.45) is 18.1. The van der Waals surface area contributed by atoms with Crippen molar-refractivity contribution in [1.82, 2.24) is 4.90 Å². The predicted octanol–water partition coefficient (Wildman–Crippen LogP) is 7.24. The fourth-order valence-electron chi connectivity index (χ4n) is 4.89. The highest BCUT2D eigenvalue weighted by Gasteiger charge is 2.24. The molecule has 0 saturated heterocycles. The number of allylic oxidation sites excluding steroid dienone is 5. The van der Waals surface area contributed by atoms with E-state index in [0.717, 1.165) is 43.1 Å². The summed E-state index contributed by atoms with van der Waals surface area (Å²) in [4.78, 5) is 12.4. The first kappa shape index (κ1) is 25.1. The Morgan fingerprint density at radius 1 is 1.06 bits per heavy atom. The Bertz CT molecular complexity index is 991. The van der Waals surface area contributed by atoms with Gasteiger partial charge in [-0.25, -0.2) is 9.98 Å². The Labute approximate surface area is 201 Å². The number of benzene rings is 1. The van der Waals surface area contributed by atoms with Gasteiger partial charge in [0.25, 0.3) is 0 Å². The lowest BCUT2D eigenvalue weighted by Crippen LogP contribution is -2.35. The van der Waals surface area contributed by atoms with Crippen LogP contribution in [0.2, 0.25) is 0 Å². The van der Waals surface area contributed by atoms with Crippen LogP contribution in [0.15, 0.2) is 75.4 Å². The van der Waals surface area contributed by atoms with E-state index in [1.165, 1.54) is 41.5 Å². The van der Waals surface area contributed by atoms with Crippen LogP contribution in [0.4, 0.5) is 0 Å². The lowest BCUT2D eigenvalue weighted by atomic mass is 9.85. The second-order valence-electron chi connectivity index (χ2n) is 9.40. The molecule has 0 aliphatic heterocycles. The summed E-state index contributed by atoms with van der Waals surface area (Å²) < 4.78 is 0. The van der Waals surface area contributed by atoms with Gasteiger partial charge in [0.05, 0.1) is 0 Å². The first-order valence-electron chi connectivity index (χ1n) is 12.6. The minimum atomic E-state index is 0.487. The zero-order valence-electron chi connectivity index (χ0n) is 21.5. The highest BCUT2D eigenvalue weighted by Crippen LogP contribution is 2.32. The van der Waals surface area contributed by atoms with Crippen molar-refractivity contribution in [3.63, 3.8) is 0 Å². The lowest BCUT2D eigenvalue weighted by Gasteiger charge is -2.33. The minimum absolute atomic E-state index is 0.487. The van der Waals surface area contributed by atoms with Crippen molar-refractivity contribution in [2.75, 3.05) is 13.6 Å². The standard InChI is InChI=1S/C30H41N3/c1-7-24-15-12-16-25(8-2)29(24)30(31-22(3)4)32-23(5)20-21-33(6)28-19-13-17-26-14-10-9-11-18-27(26)28/h9-12,15-16,18,20,28H,7-8,13-14,17,19,21H2,1-6H3/b23-20+,32-30?/t28-/m0/s1. The molecule has 1 aromatic rings. The van der Waals surface area contributed by atoms with Gasteiger partial charge in [0, 0.05) is 29.6 Å². The highest BCUT2D eigenvalue weighted by atomic mass is 15.1. The molecule has 0 unspecified atom stereocenters. The quantitative estimate of drug-likeness (QED) is 0.322. The third kappa shape index (κ3) is 6.51. The molecule has 3 rings (SSSR count). The number of aryl methyl sites for hydroxylation is 2. The molecule has 33 heavy (non-hydrogen) atoms. The zero-order chi connectivity index (χ0) is 23.8. The molecule has 0 bridgehead atoms. The molecule has 0 aromatic heterocycles. The first-order valence-corrected chi connectivity index (χ1v) is 12.6. The maximum atomic E-state index is 5.05. The molecule has 176 valence electrons. The molecular weight excluding hydrogens is 402 g/mol. The van der Waals surface area contributed by atoms with Crippen LogP contribution in [0.5, 0.6) is 0 Å². The average Bonchev–Trinajstić information content (AvgIpc) is 3.06. The number of hydrogen-bond donors (Lipinski definition) is 0. The van der Waals surface area contributed by atoms with Crippen LogP contribution in [-0.2, 0) is 12.8 Å². The minimum Gasteiger partial charge on any atom is -0.296 e. The van der Waals surface area contributed by atoms with Crippen LogP contribution < -0.4 is 0 Å². The van der Waals surface area contributed by atoms with E-state index in [1.807, 2.05) is 13.8 Å². The van der Waals surface area contributed by atoms with E-state index in [2.05, 4.69) is 81.3 Å². The molecular formula is C30H41N3. The van der Waals surface area contributed by atoms with Crippen LogP contribution in [0.1, 0.15) is 77.0 Å². The summed E-state index contributed by atoms with van der Waals surface area (Å²) in [5.74, 6) is 0.848. The molecule has 0 heterocycles. The molecule has 0 saturated carbocycles. The number of amidine groups is 1. The Morgan fingerprint density at radius 2 is 1.79 bits per heavy atom. The normalized spacial score (nSPS) is 19.1. The van der Waals surface area contributed by atoms with E-state index in [9.17, 15) is 0 Å². The third-order valence-electron chi connectivity index (χ3n) is 6.65. The number of aliphatic imine (C=N–C) groups is 2. The molecule has 2 aliphatic carbocycles. The van der Waals surface area contributed by atoms with Gasteiger partial charge < -0.3 is 0 Å². The Balaban J connectivity index is 1.87. The summed E-state index contributed by atoms with van der Waals surface area (Å²) in [6.45, 7) is 11.5. The lowest BCUT2D eigenvalue weighted by molar-refractivity contribution is 0.275. The maximum Gasteiger partial charge on any atom is 0.159 e. The molecule has 0 radical (unpaired) electrons. The van der Waals surface area contributed by atoms with E-state index >= 15 is 0 Å². The molecule has 0 amide bonds. The summed E-state index contributed by atoms with van der Waals surface area (Å²) in [6, 6.07) is 7.06. The van der Waals surface area contributed by atoms with E-state index in [1.54, 1.807) is 5.57 Å². The SMILES string of the molecule is CCc1cccc(CC)c1C(N=C(C)C)=N/C(C)=C/CN(C)[C@H]1CCCC2=C1C=CC=CC2. The smallest absolute Gasteiger partial charge is 0.159 e. The van der Waals surface area contributed by atoms with Gasteiger partial charge in [-0.2, -0.15) is 0 Å². The average molecular weight is 444 g/mol.